The summed E-state index contributed by atoms with van der Waals surface area (Å²) in [5.74, 6) is 2.01. The molecule has 32 heavy (non-hydrogen) atoms. The molecule has 1 atom stereocenters. The molecule has 6 nitrogen and oxygen atoms in total. The van der Waals surface area contributed by atoms with Gasteiger partial charge in [-0.15, -0.1) is 6.58 Å². The molecule has 0 saturated carbocycles. The third-order valence-electron chi connectivity index (χ3n) is 5.23. The fourth-order valence-corrected chi connectivity index (χ4v) is 3.82. The molecule has 0 radical (unpaired) electrons. The summed E-state index contributed by atoms with van der Waals surface area (Å²) in [4.78, 5) is 18.1. The Morgan fingerprint density at radius 3 is 2.72 bits per heavy atom. The van der Waals surface area contributed by atoms with E-state index in [-0.39, 0.29) is 11.5 Å². The molecular weight excluding hydrogens is 470 g/mol. The molecular formula is C25H28BrN3O3. The Bertz CT molecular complexity index is 1220. The van der Waals surface area contributed by atoms with Crippen molar-refractivity contribution >= 4 is 33.0 Å². The Morgan fingerprint density at radius 2 is 2.06 bits per heavy atom. The SMILES string of the molecule is C=CCc1cc(C=Nn2c([C@H](C)CC)nc3ccc(Br)cc3c2=O)cc(OCC)c1OC. The minimum atomic E-state index is -0.201. The van der Waals surface area contributed by atoms with Crippen molar-refractivity contribution in [2.45, 2.75) is 39.5 Å². The van der Waals surface area contributed by atoms with E-state index in [0.717, 1.165) is 22.0 Å². The molecule has 3 aromatic rings. The summed E-state index contributed by atoms with van der Waals surface area (Å²) in [6.07, 6.45) is 4.93. The van der Waals surface area contributed by atoms with Crippen molar-refractivity contribution < 1.29 is 9.47 Å². The average Bonchev–Trinajstić information content (AvgIpc) is 2.78. The molecule has 0 saturated heterocycles. The van der Waals surface area contributed by atoms with Gasteiger partial charge in [0.1, 0.15) is 5.82 Å². The normalized spacial score (nSPS) is 12.3. The molecule has 3 rings (SSSR count). The van der Waals surface area contributed by atoms with Gasteiger partial charge in [0.25, 0.3) is 5.56 Å². The van der Waals surface area contributed by atoms with Crippen molar-refractivity contribution in [1.29, 1.82) is 0 Å². The molecule has 0 aliphatic heterocycles. The highest BCUT2D eigenvalue weighted by atomic mass is 79.9. The number of fused-ring (bicyclic) bond motifs is 1. The average molecular weight is 498 g/mol. The van der Waals surface area contributed by atoms with E-state index >= 15 is 0 Å². The van der Waals surface area contributed by atoms with Crippen LogP contribution in [-0.4, -0.2) is 29.6 Å². The third kappa shape index (κ3) is 4.93. The third-order valence-corrected chi connectivity index (χ3v) is 5.72. The molecule has 0 aliphatic carbocycles. The quantitative estimate of drug-likeness (QED) is 0.281. The molecule has 0 aliphatic rings. The van der Waals surface area contributed by atoms with Gasteiger partial charge in [-0.2, -0.15) is 9.78 Å². The van der Waals surface area contributed by atoms with E-state index in [4.69, 9.17) is 14.5 Å². The van der Waals surface area contributed by atoms with Crippen LogP contribution in [0.4, 0.5) is 0 Å². The first kappa shape index (κ1) is 23.7. The fourth-order valence-electron chi connectivity index (χ4n) is 3.46. The van der Waals surface area contributed by atoms with Gasteiger partial charge in [0.2, 0.25) is 0 Å². The number of aromatic nitrogens is 2. The van der Waals surface area contributed by atoms with Crippen molar-refractivity contribution in [2.24, 2.45) is 5.10 Å². The minimum absolute atomic E-state index is 0.0686. The maximum Gasteiger partial charge on any atom is 0.282 e. The van der Waals surface area contributed by atoms with Crippen LogP contribution in [0.5, 0.6) is 11.5 Å². The Labute approximate surface area is 196 Å². The Hall–Kier alpha value is -2.93. The van der Waals surface area contributed by atoms with E-state index in [2.05, 4.69) is 34.5 Å². The molecule has 0 bridgehead atoms. The lowest BCUT2D eigenvalue weighted by Gasteiger charge is -2.15. The molecule has 168 valence electrons. The number of benzene rings is 2. The molecule has 1 heterocycles. The standard InChI is InChI=1S/C25H28BrN3O3/c1-6-9-18-12-17(13-22(32-8-3)23(18)31-5)15-27-29-24(16(4)7-2)28-21-11-10-19(26)14-20(21)25(29)30/h6,10-16H,1,7-9H2,2-5H3/t16-/m1/s1. The van der Waals surface area contributed by atoms with Crippen LogP contribution in [0.2, 0.25) is 0 Å². The highest BCUT2D eigenvalue weighted by Crippen LogP contribution is 2.33. The van der Waals surface area contributed by atoms with Gasteiger partial charge in [-0.05, 0) is 55.7 Å². The minimum Gasteiger partial charge on any atom is -0.493 e. The second-order valence-electron chi connectivity index (χ2n) is 7.44. The molecule has 0 spiro atoms. The van der Waals surface area contributed by atoms with E-state index in [0.29, 0.717) is 41.3 Å². The number of allylic oxidation sites excluding steroid dienone is 1. The van der Waals surface area contributed by atoms with Gasteiger partial charge < -0.3 is 9.47 Å². The first-order valence-electron chi connectivity index (χ1n) is 10.6. The fraction of sp³-hybridized carbons (Fsp3) is 0.320. The molecule has 1 aromatic heterocycles. The summed E-state index contributed by atoms with van der Waals surface area (Å²) >= 11 is 3.44. The molecule has 0 unspecified atom stereocenters. The van der Waals surface area contributed by atoms with Crippen molar-refractivity contribution in [3.63, 3.8) is 0 Å². The number of methoxy groups -OCH3 is 1. The van der Waals surface area contributed by atoms with Gasteiger partial charge >= 0.3 is 0 Å². The van der Waals surface area contributed by atoms with Gasteiger partial charge in [0.05, 0.1) is 30.8 Å². The molecule has 0 N–H and O–H groups in total. The Kier molecular flexibility index (Phi) is 7.85. The Morgan fingerprint density at radius 1 is 1.28 bits per heavy atom. The van der Waals surface area contributed by atoms with Crippen LogP contribution >= 0.6 is 15.9 Å². The van der Waals surface area contributed by atoms with Crippen LogP contribution in [0.25, 0.3) is 10.9 Å². The zero-order valence-electron chi connectivity index (χ0n) is 18.9. The van der Waals surface area contributed by atoms with Crippen molar-refractivity contribution in [3.8, 4) is 11.5 Å². The van der Waals surface area contributed by atoms with Crippen molar-refractivity contribution in [3.05, 3.63) is 74.8 Å². The lowest BCUT2D eigenvalue weighted by molar-refractivity contribution is 0.309. The van der Waals surface area contributed by atoms with Crippen LogP contribution < -0.4 is 15.0 Å². The maximum absolute atomic E-state index is 13.3. The molecule has 0 fully saturated rings. The summed E-state index contributed by atoms with van der Waals surface area (Å²) < 4.78 is 13.6. The van der Waals surface area contributed by atoms with Crippen molar-refractivity contribution in [2.75, 3.05) is 13.7 Å². The summed E-state index contributed by atoms with van der Waals surface area (Å²) in [6.45, 7) is 10.4. The number of rotatable bonds is 9. The largest absolute Gasteiger partial charge is 0.493 e. The Balaban J connectivity index is 2.18. The smallest absolute Gasteiger partial charge is 0.282 e. The van der Waals surface area contributed by atoms with Crippen molar-refractivity contribution in [1.82, 2.24) is 9.66 Å². The zero-order valence-corrected chi connectivity index (χ0v) is 20.5. The summed E-state index contributed by atoms with van der Waals surface area (Å²) in [7, 11) is 1.62. The topological polar surface area (TPSA) is 65.7 Å². The van der Waals surface area contributed by atoms with E-state index < -0.39 is 0 Å². The first-order chi connectivity index (χ1) is 15.4. The summed E-state index contributed by atoms with van der Waals surface area (Å²) in [5.41, 5.74) is 2.19. The number of hydrogen-bond acceptors (Lipinski definition) is 5. The molecule has 2 aromatic carbocycles. The maximum atomic E-state index is 13.3. The monoisotopic (exact) mass is 497 g/mol. The van der Waals surface area contributed by atoms with Crippen LogP contribution in [-0.2, 0) is 6.42 Å². The predicted molar refractivity (Wildman–Crippen MR) is 133 cm³/mol. The number of ether oxygens (including phenoxy) is 2. The van der Waals surface area contributed by atoms with Crippen LogP contribution in [0.1, 0.15) is 50.1 Å². The molecule has 0 amide bonds. The number of nitrogens with zero attached hydrogens (tertiary/aromatic N) is 3. The second-order valence-corrected chi connectivity index (χ2v) is 8.36. The highest BCUT2D eigenvalue weighted by Gasteiger charge is 2.16. The van der Waals surface area contributed by atoms with Gasteiger partial charge in [0.15, 0.2) is 11.5 Å². The predicted octanol–water partition coefficient (Wildman–Crippen LogP) is 5.69. The lowest BCUT2D eigenvalue weighted by Crippen LogP contribution is -2.23. The second kappa shape index (κ2) is 10.6. The van der Waals surface area contributed by atoms with Gasteiger partial charge in [0, 0.05) is 16.0 Å². The highest BCUT2D eigenvalue weighted by molar-refractivity contribution is 9.10. The van der Waals surface area contributed by atoms with Crippen LogP contribution in [0.3, 0.4) is 0 Å². The van der Waals surface area contributed by atoms with E-state index in [9.17, 15) is 4.79 Å². The van der Waals surface area contributed by atoms with E-state index in [1.165, 1.54) is 4.68 Å². The first-order valence-corrected chi connectivity index (χ1v) is 11.4. The van der Waals surface area contributed by atoms with Gasteiger partial charge in [-0.25, -0.2) is 4.98 Å². The molecule has 7 heteroatoms. The van der Waals surface area contributed by atoms with E-state index in [1.807, 2.05) is 44.2 Å². The summed E-state index contributed by atoms with van der Waals surface area (Å²) in [6, 6.07) is 9.33. The number of halogens is 1. The summed E-state index contributed by atoms with van der Waals surface area (Å²) in [5, 5.41) is 5.08. The lowest BCUT2D eigenvalue weighted by atomic mass is 10.1. The van der Waals surface area contributed by atoms with Crippen LogP contribution in [0, 0.1) is 0 Å². The van der Waals surface area contributed by atoms with Gasteiger partial charge in [-0.1, -0.05) is 35.9 Å². The number of hydrogen-bond donors (Lipinski definition) is 0. The zero-order chi connectivity index (χ0) is 23.3. The van der Waals surface area contributed by atoms with Crippen LogP contribution in [0.15, 0.2) is 57.4 Å². The van der Waals surface area contributed by atoms with E-state index in [1.54, 1.807) is 19.4 Å². The van der Waals surface area contributed by atoms with Gasteiger partial charge in [-0.3, -0.25) is 4.79 Å².